The van der Waals surface area contributed by atoms with Gasteiger partial charge in [0, 0.05) is 22.4 Å². The number of hydrogen-bond acceptors (Lipinski definition) is 6. The van der Waals surface area contributed by atoms with Crippen LogP contribution >= 0.6 is 11.3 Å². The molecule has 0 aliphatic heterocycles. The Morgan fingerprint density at radius 2 is 1.93 bits per heavy atom. The van der Waals surface area contributed by atoms with Crippen molar-refractivity contribution in [2.24, 2.45) is 0 Å². The molecule has 0 saturated heterocycles. The van der Waals surface area contributed by atoms with Crippen LogP contribution in [0.1, 0.15) is 21.0 Å². The van der Waals surface area contributed by atoms with Gasteiger partial charge in [0.1, 0.15) is 17.4 Å². The minimum absolute atomic E-state index is 0. The van der Waals surface area contributed by atoms with Gasteiger partial charge in [-0.05, 0) is 36.8 Å². The second-order valence-electron chi connectivity index (χ2n) is 5.84. The maximum absolute atomic E-state index is 13.2. The van der Waals surface area contributed by atoms with E-state index in [1.807, 2.05) is 0 Å². The zero-order valence-electron chi connectivity index (χ0n) is 14.7. The van der Waals surface area contributed by atoms with E-state index in [0.29, 0.717) is 21.8 Å². The van der Waals surface area contributed by atoms with Crippen LogP contribution in [-0.2, 0) is 21.4 Å². The first kappa shape index (κ1) is 20.1. The second kappa shape index (κ2) is 7.78. The summed E-state index contributed by atoms with van der Waals surface area (Å²) in [6.45, 7) is 2.74. The van der Waals surface area contributed by atoms with Crippen LogP contribution in [-0.4, -0.2) is 19.3 Å². The number of amides is 1. The molecule has 152 valence electrons. The van der Waals surface area contributed by atoms with E-state index in [4.69, 9.17) is 4.42 Å². The topological polar surface area (TPSA) is 101 Å². The first-order chi connectivity index (χ1) is 13.1. The van der Waals surface area contributed by atoms with Gasteiger partial charge in [0.25, 0.3) is 10.0 Å². The highest BCUT2D eigenvalue weighted by Crippen LogP contribution is 2.34. The van der Waals surface area contributed by atoms with E-state index in [-0.39, 0.29) is 31.7 Å². The smallest absolute Gasteiger partial charge is 0.274 e. The molecule has 0 unspecified atom stereocenters. The molecule has 0 aliphatic rings. The summed E-state index contributed by atoms with van der Waals surface area (Å²) in [4.78, 5) is 15.9. The highest BCUT2D eigenvalue weighted by Gasteiger charge is 2.21. The molecule has 0 aliphatic carbocycles. The standard InChI is InChI=1S/C17H15F2N3O4S2.2H2/c1-9-16(27-17(21-9)22-10(2)23)14-3-4-15(26-14)28(24,25)20-8-11-5-12(18)7-13(19)6-11;;/h3-7,20H,8H2,1-2H3,(H,21,22,23);2*1H. The monoisotopic (exact) mass is 431 g/mol. The van der Waals surface area contributed by atoms with Crippen LogP contribution in [0.4, 0.5) is 13.9 Å². The normalized spacial score (nSPS) is 11.6. The number of nitrogens with zero attached hydrogens (tertiary/aromatic N) is 1. The van der Waals surface area contributed by atoms with E-state index in [2.05, 4.69) is 15.0 Å². The molecule has 1 amide bonds. The van der Waals surface area contributed by atoms with Crippen LogP contribution in [0.25, 0.3) is 10.6 Å². The van der Waals surface area contributed by atoms with Gasteiger partial charge in [-0.15, -0.1) is 0 Å². The number of aromatic nitrogens is 1. The molecule has 0 atom stereocenters. The van der Waals surface area contributed by atoms with Gasteiger partial charge in [0.2, 0.25) is 11.0 Å². The molecule has 3 aromatic rings. The van der Waals surface area contributed by atoms with Crippen LogP contribution in [0, 0.1) is 18.6 Å². The predicted molar refractivity (Wildman–Crippen MR) is 103 cm³/mol. The number of nitrogens with one attached hydrogen (secondary N) is 2. The number of anilines is 1. The summed E-state index contributed by atoms with van der Waals surface area (Å²) in [6, 6.07) is 5.49. The van der Waals surface area contributed by atoms with Gasteiger partial charge in [-0.1, -0.05) is 11.3 Å². The molecule has 0 fully saturated rings. The third-order valence-electron chi connectivity index (χ3n) is 3.54. The Morgan fingerprint density at radius 3 is 2.57 bits per heavy atom. The summed E-state index contributed by atoms with van der Waals surface area (Å²) >= 11 is 1.14. The number of furan rings is 1. The number of sulfonamides is 1. The molecule has 1 aromatic carbocycles. The lowest BCUT2D eigenvalue weighted by molar-refractivity contribution is -0.114. The molecular formula is C17H19F2N3O4S2. The number of carbonyl (C=O) groups is 1. The lowest BCUT2D eigenvalue weighted by Gasteiger charge is -2.05. The molecule has 28 heavy (non-hydrogen) atoms. The Labute approximate surface area is 166 Å². The number of benzene rings is 1. The highest BCUT2D eigenvalue weighted by atomic mass is 32.2. The van der Waals surface area contributed by atoms with E-state index in [1.54, 1.807) is 6.92 Å². The van der Waals surface area contributed by atoms with E-state index < -0.39 is 21.7 Å². The van der Waals surface area contributed by atoms with Crippen molar-refractivity contribution >= 4 is 32.4 Å². The fraction of sp³-hybridized carbons (Fsp3) is 0.176. The second-order valence-corrected chi connectivity index (χ2v) is 8.53. The van der Waals surface area contributed by atoms with Crippen molar-refractivity contribution < 1.29 is 29.3 Å². The van der Waals surface area contributed by atoms with Gasteiger partial charge in [0.05, 0.1) is 10.6 Å². The maximum atomic E-state index is 13.2. The SMILES string of the molecule is CC(=O)Nc1nc(C)c(-c2ccc(S(=O)(=O)NCc3cc(F)cc(F)c3)o2)s1.[HH].[HH]. The van der Waals surface area contributed by atoms with Crippen molar-refractivity contribution in [2.75, 3.05) is 5.32 Å². The number of rotatable bonds is 6. The molecule has 0 radical (unpaired) electrons. The average molecular weight is 431 g/mol. The van der Waals surface area contributed by atoms with Gasteiger partial charge in [0.15, 0.2) is 5.13 Å². The van der Waals surface area contributed by atoms with Crippen molar-refractivity contribution in [1.82, 2.24) is 9.71 Å². The van der Waals surface area contributed by atoms with Crippen LogP contribution in [0.5, 0.6) is 0 Å². The van der Waals surface area contributed by atoms with Gasteiger partial charge >= 0.3 is 0 Å². The fourth-order valence-corrected chi connectivity index (χ4v) is 4.30. The molecule has 0 spiro atoms. The summed E-state index contributed by atoms with van der Waals surface area (Å²) < 4.78 is 58.9. The Balaban J connectivity index is 0.00000225. The van der Waals surface area contributed by atoms with E-state index in [0.717, 1.165) is 23.5 Å². The van der Waals surface area contributed by atoms with Crippen LogP contribution in [0.2, 0.25) is 0 Å². The van der Waals surface area contributed by atoms with E-state index >= 15 is 0 Å². The van der Waals surface area contributed by atoms with Gasteiger partial charge < -0.3 is 9.73 Å². The van der Waals surface area contributed by atoms with Gasteiger partial charge in [-0.2, -0.15) is 0 Å². The third-order valence-corrected chi connectivity index (χ3v) is 5.90. The van der Waals surface area contributed by atoms with Crippen LogP contribution in [0.3, 0.4) is 0 Å². The molecule has 11 heteroatoms. The van der Waals surface area contributed by atoms with Crippen LogP contribution in [0.15, 0.2) is 39.8 Å². The molecule has 2 aromatic heterocycles. The first-order valence-electron chi connectivity index (χ1n) is 7.94. The Hall–Kier alpha value is -2.63. The summed E-state index contributed by atoms with van der Waals surface area (Å²) in [6.07, 6.45) is 0. The van der Waals surface area contributed by atoms with Gasteiger partial charge in [-0.25, -0.2) is 26.9 Å². The highest BCUT2D eigenvalue weighted by molar-refractivity contribution is 7.89. The largest absolute Gasteiger partial charge is 0.442 e. The molecule has 2 heterocycles. The van der Waals surface area contributed by atoms with Crippen molar-refractivity contribution in [1.29, 1.82) is 0 Å². The Morgan fingerprint density at radius 1 is 1.25 bits per heavy atom. The Bertz CT molecular complexity index is 1130. The maximum Gasteiger partial charge on any atom is 0.274 e. The van der Waals surface area contributed by atoms with E-state index in [1.165, 1.54) is 19.1 Å². The quantitative estimate of drug-likeness (QED) is 0.616. The minimum Gasteiger partial charge on any atom is -0.442 e. The zero-order valence-corrected chi connectivity index (χ0v) is 16.4. The fourth-order valence-electron chi connectivity index (χ4n) is 2.38. The summed E-state index contributed by atoms with van der Waals surface area (Å²) in [5.41, 5.74) is 0.696. The van der Waals surface area contributed by atoms with Gasteiger partial charge in [-0.3, -0.25) is 4.79 Å². The minimum atomic E-state index is -4.04. The number of halogens is 2. The summed E-state index contributed by atoms with van der Waals surface area (Å²) in [7, 11) is -4.04. The molecule has 0 saturated carbocycles. The Kier molecular flexibility index (Phi) is 5.59. The zero-order chi connectivity index (χ0) is 20.5. The van der Waals surface area contributed by atoms with E-state index in [9.17, 15) is 22.0 Å². The van der Waals surface area contributed by atoms with Crippen molar-refractivity contribution in [2.45, 2.75) is 25.5 Å². The summed E-state index contributed by atoms with van der Waals surface area (Å²) in [5.74, 6) is -1.61. The van der Waals surface area contributed by atoms with Crippen molar-refractivity contribution in [3.63, 3.8) is 0 Å². The van der Waals surface area contributed by atoms with Crippen molar-refractivity contribution in [3.05, 3.63) is 53.2 Å². The number of thiazole rings is 1. The molecule has 2 N–H and O–H groups in total. The number of hydrogen-bond donors (Lipinski definition) is 2. The average Bonchev–Trinajstić information content (AvgIpc) is 3.19. The summed E-state index contributed by atoms with van der Waals surface area (Å²) in [5, 5.41) is 2.57. The lowest BCUT2D eigenvalue weighted by Crippen LogP contribution is -2.22. The number of aryl methyl sites for hydroxylation is 1. The molecule has 0 bridgehead atoms. The molecule has 3 rings (SSSR count). The third kappa shape index (κ3) is 4.61. The predicted octanol–water partition coefficient (Wildman–Crippen LogP) is 3.92. The lowest BCUT2D eigenvalue weighted by atomic mass is 10.2. The number of carbonyl (C=O) groups excluding carboxylic acids is 1. The molecule has 7 nitrogen and oxygen atoms in total. The first-order valence-corrected chi connectivity index (χ1v) is 10.2. The van der Waals surface area contributed by atoms with Crippen molar-refractivity contribution in [3.8, 4) is 10.6 Å². The van der Waals surface area contributed by atoms with Crippen LogP contribution < -0.4 is 10.0 Å². The molecular weight excluding hydrogens is 412 g/mol.